The lowest BCUT2D eigenvalue weighted by Gasteiger charge is -2.18. The first-order valence-corrected chi connectivity index (χ1v) is 8.33. The van der Waals surface area contributed by atoms with Crippen LogP contribution in [-0.2, 0) is 0 Å². The van der Waals surface area contributed by atoms with E-state index in [4.69, 9.17) is 0 Å². The molecule has 21 heavy (non-hydrogen) atoms. The van der Waals surface area contributed by atoms with Gasteiger partial charge in [-0.3, -0.25) is 9.59 Å². The summed E-state index contributed by atoms with van der Waals surface area (Å²) >= 11 is 3.43. The third kappa shape index (κ3) is 3.12. The van der Waals surface area contributed by atoms with Crippen molar-refractivity contribution >= 4 is 27.7 Å². The molecule has 0 aromatic heterocycles. The average molecular weight is 351 g/mol. The van der Waals surface area contributed by atoms with Crippen molar-refractivity contribution in [2.75, 3.05) is 26.2 Å². The van der Waals surface area contributed by atoms with E-state index < -0.39 is 0 Å². The second-order valence-electron chi connectivity index (χ2n) is 5.73. The third-order valence-electron chi connectivity index (χ3n) is 4.18. The molecular formula is C16H19BrN2O2. The first-order valence-electron chi connectivity index (χ1n) is 7.54. The highest BCUT2D eigenvalue weighted by Gasteiger charge is 2.23. The van der Waals surface area contributed by atoms with E-state index in [1.165, 1.54) is 0 Å². The van der Waals surface area contributed by atoms with E-state index in [2.05, 4.69) is 15.9 Å². The summed E-state index contributed by atoms with van der Waals surface area (Å²) in [6.07, 6.45) is 4.28. The van der Waals surface area contributed by atoms with E-state index in [1.807, 2.05) is 9.80 Å². The zero-order valence-electron chi connectivity index (χ0n) is 12.0. The SMILES string of the molecule is O=C(c1cc(Br)cc(C(=O)N2CCCC2)c1)N1CCCC1. The Morgan fingerprint density at radius 1 is 0.762 bits per heavy atom. The molecule has 1 aromatic rings. The Balaban J connectivity index is 1.85. The zero-order valence-corrected chi connectivity index (χ0v) is 13.6. The van der Waals surface area contributed by atoms with Crippen LogP contribution in [0, 0.1) is 0 Å². The van der Waals surface area contributed by atoms with Crippen LogP contribution in [0.25, 0.3) is 0 Å². The van der Waals surface area contributed by atoms with E-state index in [0.717, 1.165) is 56.3 Å². The van der Waals surface area contributed by atoms with Crippen LogP contribution in [0.1, 0.15) is 46.4 Å². The molecule has 112 valence electrons. The van der Waals surface area contributed by atoms with Crippen LogP contribution in [0.5, 0.6) is 0 Å². The van der Waals surface area contributed by atoms with Crippen LogP contribution >= 0.6 is 15.9 Å². The van der Waals surface area contributed by atoms with Gasteiger partial charge in [0.15, 0.2) is 0 Å². The summed E-state index contributed by atoms with van der Waals surface area (Å²) in [5.41, 5.74) is 1.21. The molecule has 2 aliphatic heterocycles. The summed E-state index contributed by atoms with van der Waals surface area (Å²) in [6, 6.07) is 5.36. The molecule has 4 nitrogen and oxygen atoms in total. The topological polar surface area (TPSA) is 40.6 Å². The molecule has 0 atom stereocenters. The highest BCUT2D eigenvalue weighted by molar-refractivity contribution is 9.10. The van der Waals surface area contributed by atoms with E-state index in [9.17, 15) is 9.59 Å². The normalized spacial score (nSPS) is 18.3. The van der Waals surface area contributed by atoms with Crippen LogP contribution in [0.3, 0.4) is 0 Å². The molecule has 1 aromatic carbocycles. The molecule has 5 heteroatoms. The zero-order chi connectivity index (χ0) is 14.8. The standard InChI is InChI=1S/C16H19BrN2O2/c17-14-10-12(15(20)18-5-1-2-6-18)9-13(11-14)16(21)19-7-3-4-8-19/h9-11H,1-8H2. The summed E-state index contributed by atoms with van der Waals surface area (Å²) in [7, 11) is 0. The smallest absolute Gasteiger partial charge is 0.253 e. The van der Waals surface area contributed by atoms with Gasteiger partial charge in [0, 0.05) is 41.8 Å². The maximum Gasteiger partial charge on any atom is 0.253 e. The molecule has 2 amide bonds. The molecule has 0 aliphatic carbocycles. The van der Waals surface area contributed by atoms with Crippen molar-refractivity contribution in [3.05, 3.63) is 33.8 Å². The number of hydrogen-bond acceptors (Lipinski definition) is 2. The average Bonchev–Trinajstić information content (AvgIpc) is 3.17. The van der Waals surface area contributed by atoms with Gasteiger partial charge in [-0.25, -0.2) is 0 Å². The molecule has 2 saturated heterocycles. The summed E-state index contributed by atoms with van der Waals surface area (Å²) in [4.78, 5) is 28.7. The first-order chi connectivity index (χ1) is 10.1. The Bertz CT molecular complexity index is 515. The number of carbonyl (C=O) groups is 2. The van der Waals surface area contributed by atoms with Crippen molar-refractivity contribution in [1.82, 2.24) is 9.80 Å². The van der Waals surface area contributed by atoms with Crippen molar-refractivity contribution in [2.24, 2.45) is 0 Å². The third-order valence-corrected chi connectivity index (χ3v) is 4.64. The van der Waals surface area contributed by atoms with E-state index in [0.29, 0.717) is 11.1 Å². The highest BCUT2D eigenvalue weighted by atomic mass is 79.9. The fraction of sp³-hybridized carbons (Fsp3) is 0.500. The van der Waals surface area contributed by atoms with Crippen LogP contribution in [0.2, 0.25) is 0 Å². The summed E-state index contributed by atoms with van der Waals surface area (Å²) in [6.45, 7) is 3.28. The highest BCUT2D eigenvalue weighted by Crippen LogP contribution is 2.21. The van der Waals surface area contributed by atoms with Crippen molar-refractivity contribution in [3.63, 3.8) is 0 Å². The number of amides is 2. The van der Waals surface area contributed by atoms with Gasteiger partial charge in [0.25, 0.3) is 11.8 Å². The Morgan fingerprint density at radius 3 is 1.52 bits per heavy atom. The minimum absolute atomic E-state index is 0.0317. The van der Waals surface area contributed by atoms with Crippen molar-refractivity contribution in [1.29, 1.82) is 0 Å². The lowest BCUT2D eigenvalue weighted by molar-refractivity contribution is 0.0791. The Kier molecular flexibility index (Phi) is 4.29. The van der Waals surface area contributed by atoms with Gasteiger partial charge in [0.2, 0.25) is 0 Å². The van der Waals surface area contributed by atoms with Gasteiger partial charge in [0.05, 0.1) is 0 Å². The predicted molar refractivity (Wildman–Crippen MR) is 84.4 cm³/mol. The molecular weight excluding hydrogens is 332 g/mol. The molecule has 0 unspecified atom stereocenters. The van der Waals surface area contributed by atoms with Gasteiger partial charge in [-0.1, -0.05) is 15.9 Å². The molecule has 2 heterocycles. The summed E-state index contributed by atoms with van der Waals surface area (Å²) in [5, 5.41) is 0. The maximum atomic E-state index is 12.5. The van der Waals surface area contributed by atoms with Gasteiger partial charge < -0.3 is 9.80 Å². The van der Waals surface area contributed by atoms with E-state index >= 15 is 0 Å². The van der Waals surface area contributed by atoms with Gasteiger partial charge in [-0.05, 0) is 43.9 Å². The monoisotopic (exact) mass is 350 g/mol. The molecule has 0 radical (unpaired) electrons. The van der Waals surface area contributed by atoms with Crippen LogP contribution < -0.4 is 0 Å². The Hall–Kier alpha value is -1.36. The summed E-state index contributed by atoms with van der Waals surface area (Å²) < 4.78 is 0.787. The minimum atomic E-state index is 0.0317. The minimum Gasteiger partial charge on any atom is -0.339 e. The van der Waals surface area contributed by atoms with Crippen LogP contribution in [-0.4, -0.2) is 47.8 Å². The molecule has 2 aliphatic rings. The van der Waals surface area contributed by atoms with Gasteiger partial charge in [0.1, 0.15) is 0 Å². The fourth-order valence-electron chi connectivity index (χ4n) is 3.04. The van der Waals surface area contributed by atoms with Gasteiger partial charge in [-0.2, -0.15) is 0 Å². The maximum absolute atomic E-state index is 12.5. The number of likely N-dealkylation sites (tertiary alicyclic amines) is 2. The predicted octanol–water partition coefficient (Wildman–Crippen LogP) is 2.92. The van der Waals surface area contributed by atoms with Crippen molar-refractivity contribution < 1.29 is 9.59 Å². The number of benzene rings is 1. The van der Waals surface area contributed by atoms with Crippen LogP contribution in [0.4, 0.5) is 0 Å². The molecule has 0 saturated carbocycles. The van der Waals surface area contributed by atoms with E-state index in [-0.39, 0.29) is 11.8 Å². The fourth-order valence-corrected chi connectivity index (χ4v) is 3.54. The van der Waals surface area contributed by atoms with Gasteiger partial charge >= 0.3 is 0 Å². The van der Waals surface area contributed by atoms with Crippen LogP contribution in [0.15, 0.2) is 22.7 Å². The van der Waals surface area contributed by atoms with Crippen molar-refractivity contribution in [3.8, 4) is 0 Å². The molecule has 0 bridgehead atoms. The lowest BCUT2D eigenvalue weighted by atomic mass is 10.1. The van der Waals surface area contributed by atoms with E-state index in [1.54, 1.807) is 18.2 Å². The molecule has 0 spiro atoms. The lowest BCUT2D eigenvalue weighted by Crippen LogP contribution is -2.29. The largest absolute Gasteiger partial charge is 0.339 e. The van der Waals surface area contributed by atoms with Gasteiger partial charge in [-0.15, -0.1) is 0 Å². The number of rotatable bonds is 2. The molecule has 3 rings (SSSR count). The number of nitrogens with zero attached hydrogens (tertiary/aromatic N) is 2. The molecule has 2 fully saturated rings. The quantitative estimate of drug-likeness (QED) is 0.822. The van der Waals surface area contributed by atoms with Crippen molar-refractivity contribution in [2.45, 2.75) is 25.7 Å². The number of halogens is 1. The number of hydrogen-bond donors (Lipinski definition) is 0. The second kappa shape index (κ2) is 6.18. The second-order valence-corrected chi connectivity index (χ2v) is 6.64. The Morgan fingerprint density at radius 2 is 1.14 bits per heavy atom. The summed E-state index contributed by atoms with van der Waals surface area (Å²) in [5.74, 6) is 0.0635. The Labute approximate surface area is 133 Å². The number of carbonyl (C=O) groups excluding carboxylic acids is 2. The molecule has 0 N–H and O–H groups in total. The first kappa shape index (κ1) is 14.6.